The van der Waals surface area contributed by atoms with Gasteiger partial charge < -0.3 is 14.0 Å². The Morgan fingerprint density at radius 1 is 1.00 bits per heavy atom. The SMILES string of the molecule is Cc1cc(O)cc(OS(=O)(=O)c2ccccc2S(=O)(=O)N2CCOCC2)c1. The van der Waals surface area contributed by atoms with Gasteiger partial charge in [0.15, 0.2) is 0 Å². The molecule has 3 rings (SSSR count). The third-order valence-electron chi connectivity index (χ3n) is 3.95. The molecular weight excluding hydrogens is 394 g/mol. The van der Waals surface area contributed by atoms with E-state index in [1.54, 1.807) is 6.92 Å². The first kappa shape index (κ1) is 19.6. The van der Waals surface area contributed by atoms with E-state index in [-0.39, 0.29) is 42.7 Å². The number of morpholine rings is 1. The molecule has 1 N–H and O–H groups in total. The van der Waals surface area contributed by atoms with E-state index >= 15 is 0 Å². The highest BCUT2D eigenvalue weighted by molar-refractivity contribution is 7.91. The summed E-state index contributed by atoms with van der Waals surface area (Å²) < 4.78 is 62.8. The van der Waals surface area contributed by atoms with Gasteiger partial charge >= 0.3 is 10.1 Å². The van der Waals surface area contributed by atoms with Crippen LogP contribution < -0.4 is 4.18 Å². The molecule has 27 heavy (non-hydrogen) atoms. The molecule has 10 heteroatoms. The van der Waals surface area contributed by atoms with Gasteiger partial charge in [0, 0.05) is 19.2 Å². The quantitative estimate of drug-likeness (QED) is 0.740. The summed E-state index contributed by atoms with van der Waals surface area (Å²) in [6.45, 7) is 2.43. The monoisotopic (exact) mass is 413 g/mol. The number of rotatable bonds is 5. The average Bonchev–Trinajstić information content (AvgIpc) is 2.61. The summed E-state index contributed by atoms with van der Waals surface area (Å²) in [5.41, 5.74) is 0.592. The normalized spacial score (nSPS) is 16.2. The van der Waals surface area contributed by atoms with Crippen molar-refractivity contribution < 1.29 is 30.9 Å². The van der Waals surface area contributed by atoms with Crippen LogP contribution >= 0.6 is 0 Å². The number of hydrogen-bond donors (Lipinski definition) is 1. The third kappa shape index (κ3) is 4.24. The Kier molecular flexibility index (Phi) is 5.43. The summed E-state index contributed by atoms with van der Waals surface area (Å²) in [7, 11) is -8.49. The first-order valence-electron chi connectivity index (χ1n) is 8.12. The maximum Gasteiger partial charge on any atom is 0.340 e. The van der Waals surface area contributed by atoms with Crippen LogP contribution in [0.2, 0.25) is 0 Å². The zero-order chi connectivity index (χ0) is 19.7. The molecule has 0 spiro atoms. The van der Waals surface area contributed by atoms with E-state index in [4.69, 9.17) is 8.92 Å². The zero-order valence-corrected chi connectivity index (χ0v) is 16.2. The number of phenolic OH excluding ortho intramolecular Hbond substituents is 1. The summed E-state index contributed by atoms with van der Waals surface area (Å²) in [6, 6.07) is 9.29. The number of hydrogen-bond acceptors (Lipinski definition) is 7. The van der Waals surface area contributed by atoms with Crippen molar-refractivity contribution in [2.24, 2.45) is 0 Å². The second kappa shape index (κ2) is 7.47. The van der Waals surface area contributed by atoms with E-state index < -0.39 is 25.0 Å². The number of benzene rings is 2. The molecule has 1 fully saturated rings. The molecule has 0 unspecified atom stereocenters. The summed E-state index contributed by atoms with van der Waals surface area (Å²) in [4.78, 5) is -0.818. The van der Waals surface area contributed by atoms with Crippen LogP contribution in [0.3, 0.4) is 0 Å². The molecule has 0 radical (unpaired) electrons. The second-order valence-corrected chi connectivity index (χ2v) is 9.43. The maximum absolute atomic E-state index is 12.9. The third-order valence-corrected chi connectivity index (χ3v) is 7.34. The van der Waals surface area contributed by atoms with Crippen LogP contribution in [0, 0.1) is 6.92 Å². The molecule has 146 valence electrons. The molecule has 0 bridgehead atoms. The van der Waals surface area contributed by atoms with E-state index in [0.717, 1.165) is 6.07 Å². The smallest absolute Gasteiger partial charge is 0.340 e. The molecule has 2 aromatic rings. The molecule has 0 atom stereocenters. The lowest BCUT2D eigenvalue weighted by atomic mass is 10.2. The van der Waals surface area contributed by atoms with E-state index in [0.29, 0.717) is 5.56 Å². The van der Waals surface area contributed by atoms with Crippen LogP contribution in [-0.4, -0.2) is 52.6 Å². The molecule has 1 heterocycles. The predicted molar refractivity (Wildman–Crippen MR) is 96.7 cm³/mol. The number of sulfonamides is 1. The van der Waals surface area contributed by atoms with E-state index in [9.17, 15) is 21.9 Å². The van der Waals surface area contributed by atoms with Crippen molar-refractivity contribution in [1.82, 2.24) is 4.31 Å². The summed E-state index contributed by atoms with van der Waals surface area (Å²) >= 11 is 0. The van der Waals surface area contributed by atoms with Gasteiger partial charge in [-0.3, -0.25) is 0 Å². The number of aromatic hydroxyl groups is 1. The number of ether oxygens (including phenoxy) is 1. The number of phenols is 1. The molecule has 0 amide bonds. The molecule has 1 saturated heterocycles. The Hall–Kier alpha value is -2.14. The zero-order valence-electron chi connectivity index (χ0n) is 14.5. The van der Waals surface area contributed by atoms with Crippen LogP contribution in [0.5, 0.6) is 11.5 Å². The fraction of sp³-hybridized carbons (Fsp3) is 0.294. The number of aryl methyl sites for hydroxylation is 1. The molecule has 1 aliphatic heterocycles. The van der Waals surface area contributed by atoms with Crippen LogP contribution in [0.15, 0.2) is 52.3 Å². The molecule has 0 aromatic heterocycles. The van der Waals surface area contributed by atoms with Crippen molar-refractivity contribution in [3.05, 3.63) is 48.0 Å². The lowest BCUT2D eigenvalue weighted by Gasteiger charge is -2.26. The first-order chi connectivity index (χ1) is 12.7. The van der Waals surface area contributed by atoms with Gasteiger partial charge in [0.2, 0.25) is 10.0 Å². The molecule has 2 aromatic carbocycles. The summed E-state index contributed by atoms with van der Waals surface area (Å²) in [6.07, 6.45) is 0. The minimum absolute atomic E-state index is 0.105. The minimum atomic E-state index is -4.45. The van der Waals surface area contributed by atoms with Crippen molar-refractivity contribution in [2.75, 3.05) is 26.3 Å². The van der Waals surface area contributed by atoms with Gasteiger partial charge in [-0.2, -0.15) is 12.7 Å². The summed E-state index contributed by atoms with van der Waals surface area (Å²) in [5, 5.41) is 9.63. The van der Waals surface area contributed by atoms with Crippen LogP contribution in [0.25, 0.3) is 0 Å². The highest BCUT2D eigenvalue weighted by Gasteiger charge is 2.33. The number of nitrogens with zero attached hydrogens (tertiary/aromatic N) is 1. The fourth-order valence-corrected chi connectivity index (χ4v) is 5.85. The van der Waals surface area contributed by atoms with Gasteiger partial charge in [0.1, 0.15) is 21.3 Å². The topological polar surface area (TPSA) is 110 Å². The van der Waals surface area contributed by atoms with Crippen LogP contribution in [0.4, 0.5) is 0 Å². The van der Waals surface area contributed by atoms with E-state index in [1.165, 1.54) is 40.7 Å². The van der Waals surface area contributed by atoms with Gasteiger partial charge in [-0.05, 0) is 36.8 Å². The Bertz CT molecular complexity index is 1020. The molecule has 1 aliphatic rings. The van der Waals surface area contributed by atoms with Gasteiger partial charge in [0.25, 0.3) is 0 Å². The van der Waals surface area contributed by atoms with Crippen molar-refractivity contribution >= 4 is 20.1 Å². The van der Waals surface area contributed by atoms with Gasteiger partial charge in [-0.15, -0.1) is 0 Å². The Balaban J connectivity index is 2.01. The minimum Gasteiger partial charge on any atom is -0.508 e. The van der Waals surface area contributed by atoms with E-state index in [2.05, 4.69) is 0 Å². The standard InChI is InChI=1S/C17H19NO7S2/c1-13-10-14(19)12-15(11-13)25-27(22,23)17-5-3-2-4-16(17)26(20,21)18-6-8-24-9-7-18/h2-5,10-12,19H,6-9H2,1H3. The second-order valence-electron chi connectivity index (χ2n) is 6.00. The van der Waals surface area contributed by atoms with E-state index in [1.807, 2.05) is 0 Å². The van der Waals surface area contributed by atoms with Crippen molar-refractivity contribution in [3.8, 4) is 11.5 Å². The van der Waals surface area contributed by atoms with Crippen molar-refractivity contribution in [1.29, 1.82) is 0 Å². The Morgan fingerprint density at radius 3 is 2.26 bits per heavy atom. The first-order valence-corrected chi connectivity index (χ1v) is 11.0. The summed E-state index contributed by atoms with van der Waals surface area (Å²) in [5.74, 6) is -0.263. The van der Waals surface area contributed by atoms with Crippen LogP contribution in [0.1, 0.15) is 5.56 Å². The fourth-order valence-electron chi connectivity index (χ4n) is 2.74. The lowest BCUT2D eigenvalue weighted by Crippen LogP contribution is -2.41. The van der Waals surface area contributed by atoms with Crippen molar-refractivity contribution in [2.45, 2.75) is 16.7 Å². The molecule has 0 saturated carbocycles. The predicted octanol–water partition coefficient (Wildman–Crippen LogP) is 1.49. The van der Waals surface area contributed by atoms with Gasteiger partial charge in [-0.25, -0.2) is 8.42 Å². The lowest BCUT2D eigenvalue weighted by molar-refractivity contribution is 0.0729. The Morgan fingerprint density at radius 2 is 1.63 bits per heavy atom. The molecular formula is C17H19NO7S2. The average molecular weight is 413 g/mol. The van der Waals surface area contributed by atoms with Gasteiger partial charge in [0.05, 0.1) is 13.2 Å². The molecule has 8 nitrogen and oxygen atoms in total. The van der Waals surface area contributed by atoms with Crippen LogP contribution in [-0.2, 0) is 24.9 Å². The highest BCUT2D eigenvalue weighted by Crippen LogP contribution is 2.29. The largest absolute Gasteiger partial charge is 0.508 e. The highest BCUT2D eigenvalue weighted by atomic mass is 32.2. The Labute approximate surface area is 158 Å². The van der Waals surface area contributed by atoms with Gasteiger partial charge in [-0.1, -0.05) is 12.1 Å². The van der Waals surface area contributed by atoms with Crippen molar-refractivity contribution in [3.63, 3.8) is 0 Å². The maximum atomic E-state index is 12.9. The molecule has 0 aliphatic carbocycles.